The van der Waals surface area contributed by atoms with E-state index in [0.29, 0.717) is 12.2 Å². The first-order chi connectivity index (χ1) is 10.1. The van der Waals surface area contributed by atoms with Crippen molar-refractivity contribution in [2.24, 2.45) is 0 Å². The quantitative estimate of drug-likeness (QED) is 0.643. The van der Waals surface area contributed by atoms with E-state index < -0.39 is 0 Å². The molecule has 6 heteroatoms. The maximum Gasteiger partial charge on any atom is 0.271 e. The lowest BCUT2D eigenvalue weighted by Crippen LogP contribution is -2.27. The van der Waals surface area contributed by atoms with Crippen molar-refractivity contribution >= 4 is 11.7 Å². The predicted octanol–water partition coefficient (Wildman–Crippen LogP) is 1.76. The van der Waals surface area contributed by atoms with E-state index in [0.717, 1.165) is 31.7 Å². The average Bonchev–Trinajstić information content (AvgIpc) is 2.48. The van der Waals surface area contributed by atoms with Crippen LogP contribution < -0.4 is 10.6 Å². The lowest BCUT2D eigenvalue weighted by molar-refractivity contribution is 0.0947. The number of anilines is 1. The van der Waals surface area contributed by atoms with E-state index in [2.05, 4.69) is 32.4 Å². The number of hydrogen-bond donors (Lipinski definition) is 2. The largest absolute Gasteiger partial charge is 0.369 e. The van der Waals surface area contributed by atoms with Crippen LogP contribution in [-0.2, 0) is 0 Å². The third kappa shape index (κ3) is 7.60. The van der Waals surface area contributed by atoms with E-state index in [-0.39, 0.29) is 5.91 Å². The number of carbonyl (C=O) groups is 1. The minimum Gasteiger partial charge on any atom is -0.369 e. The Morgan fingerprint density at radius 3 is 2.57 bits per heavy atom. The molecule has 2 N–H and O–H groups in total. The maximum atomic E-state index is 11.9. The number of rotatable bonds is 10. The van der Waals surface area contributed by atoms with Crippen LogP contribution in [-0.4, -0.2) is 54.5 Å². The summed E-state index contributed by atoms with van der Waals surface area (Å²) in [7, 11) is 4.03. The van der Waals surface area contributed by atoms with Gasteiger partial charge in [0.2, 0.25) is 0 Å². The summed E-state index contributed by atoms with van der Waals surface area (Å²) < 4.78 is 0. The van der Waals surface area contributed by atoms with Gasteiger partial charge in [0.05, 0.1) is 12.4 Å². The van der Waals surface area contributed by atoms with Gasteiger partial charge < -0.3 is 15.5 Å². The summed E-state index contributed by atoms with van der Waals surface area (Å²) in [6.45, 7) is 4.66. The fourth-order valence-corrected chi connectivity index (χ4v) is 1.82. The van der Waals surface area contributed by atoms with Gasteiger partial charge in [-0.2, -0.15) is 0 Å². The van der Waals surface area contributed by atoms with E-state index in [4.69, 9.17) is 0 Å². The molecule has 21 heavy (non-hydrogen) atoms. The zero-order valence-corrected chi connectivity index (χ0v) is 13.4. The lowest BCUT2D eigenvalue weighted by Gasteiger charge is -2.09. The number of hydrogen-bond acceptors (Lipinski definition) is 5. The second-order valence-electron chi connectivity index (χ2n) is 5.33. The van der Waals surface area contributed by atoms with Crippen LogP contribution in [0.15, 0.2) is 12.4 Å². The number of aromatic nitrogens is 2. The van der Waals surface area contributed by atoms with Crippen molar-refractivity contribution in [1.29, 1.82) is 0 Å². The normalized spacial score (nSPS) is 10.7. The van der Waals surface area contributed by atoms with Gasteiger partial charge in [0.15, 0.2) is 0 Å². The summed E-state index contributed by atoms with van der Waals surface area (Å²) in [5, 5.41) is 6.04. The van der Waals surface area contributed by atoms with Gasteiger partial charge in [0, 0.05) is 13.1 Å². The molecule has 0 saturated carbocycles. The van der Waals surface area contributed by atoms with Crippen LogP contribution in [0.1, 0.15) is 43.1 Å². The van der Waals surface area contributed by atoms with E-state index in [9.17, 15) is 4.79 Å². The van der Waals surface area contributed by atoms with Crippen LogP contribution in [0.25, 0.3) is 0 Å². The van der Waals surface area contributed by atoms with Crippen molar-refractivity contribution in [3.8, 4) is 0 Å². The molecular weight excluding hydrogens is 266 g/mol. The fourth-order valence-electron chi connectivity index (χ4n) is 1.82. The van der Waals surface area contributed by atoms with E-state index in [1.165, 1.54) is 19.0 Å². The Hall–Kier alpha value is -1.69. The second-order valence-corrected chi connectivity index (χ2v) is 5.33. The Labute approximate surface area is 127 Å². The smallest absolute Gasteiger partial charge is 0.271 e. The summed E-state index contributed by atoms with van der Waals surface area (Å²) in [4.78, 5) is 22.3. The van der Waals surface area contributed by atoms with Crippen LogP contribution in [0, 0.1) is 0 Å². The van der Waals surface area contributed by atoms with Crippen LogP contribution in [0.3, 0.4) is 0 Å². The molecule has 0 atom stereocenters. The Balaban J connectivity index is 2.30. The molecule has 1 heterocycles. The van der Waals surface area contributed by atoms with Crippen molar-refractivity contribution < 1.29 is 4.79 Å². The Bertz CT molecular complexity index is 405. The summed E-state index contributed by atoms with van der Waals surface area (Å²) in [6, 6.07) is 0. The molecule has 0 aliphatic rings. The zero-order chi connectivity index (χ0) is 15.5. The Morgan fingerprint density at radius 1 is 1.14 bits per heavy atom. The molecule has 0 aliphatic heterocycles. The highest BCUT2D eigenvalue weighted by Crippen LogP contribution is 2.02. The first-order valence-corrected chi connectivity index (χ1v) is 7.62. The molecule has 0 unspecified atom stereocenters. The van der Waals surface area contributed by atoms with Crippen LogP contribution in [0.4, 0.5) is 5.82 Å². The first kappa shape index (κ1) is 17.4. The predicted molar refractivity (Wildman–Crippen MR) is 85.6 cm³/mol. The van der Waals surface area contributed by atoms with Crippen molar-refractivity contribution in [1.82, 2.24) is 20.2 Å². The monoisotopic (exact) mass is 293 g/mol. The average molecular weight is 293 g/mol. The molecule has 0 aromatic carbocycles. The highest BCUT2D eigenvalue weighted by molar-refractivity contribution is 5.91. The second kappa shape index (κ2) is 10.1. The molecule has 0 bridgehead atoms. The minimum absolute atomic E-state index is 0.168. The summed E-state index contributed by atoms with van der Waals surface area (Å²) in [5.41, 5.74) is 0.360. The third-order valence-electron chi connectivity index (χ3n) is 3.04. The number of unbranched alkanes of at least 4 members (excludes halogenated alkanes) is 2. The van der Waals surface area contributed by atoms with Crippen molar-refractivity contribution in [3.05, 3.63) is 18.1 Å². The van der Waals surface area contributed by atoms with Gasteiger partial charge >= 0.3 is 0 Å². The van der Waals surface area contributed by atoms with Crippen LogP contribution in [0.2, 0.25) is 0 Å². The van der Waals surface area contributed by atoms with Crippen LogP contribution >= 0.6 is 0 Å². The number of carbonyl (C=O) groups excluding carboxylic acids is 1. The molecule has 1 aromatic rings. The fraction of sp³-hybridized carbons (Fsp3) is 0.667. The van der Waals surface area contributed by atoms with Crippen molar-refractivity contribution in [2.75, 3.05) is 39.0 Å². The van der Waals surface area contributed by atoms with E-state index in [1.807, 2.05) is 14.1 Å². The number of amides is 1. The number of nitrogens with one attached hydrogen (secondary N) is 2. The molecule has 0 saturated heterocycles. The van der Waals surface area contributed by atoms with E-state index >= 15 is 0 Å². The molecule has 0 radical (unpaired) electrons. The van der Waals surface area contributed by atoms with Gasteiger partial charge in [-0.1, -0.05) is 19.8 Å². The molecule has 0 fully saturated rings. The molecule has 1 rings (SSSR count). The maximum absolute atomic E-state index is 11.9. The van der Waals surface area contributed by atoms with Gasteiger partial charge in [-0.25, -0.2) is 9.97 Å². The highest BCUT2D eigenvalue weighted by atomic mass is 16.1. The first-order valence-electron chi connectivity index (χ1n) is 7.62. The lowest BCUT2D eigenvalue weighted by atomic mass is 10.2. The Morgan fingerprint density at radius 2 is 1.95 bits per heavy atom. The summed E-state index contributed by atoms with van der Waals surface area (Å²) in [5.74, 6) is 0.550. The third-order valence-corrected chi connectivity index (χ3v) is 3.04. The van der Waals surface area contributed by atoms with E-state index in [1.54, 1.807) is 6.20 Å². The standard InChI is InChI=1S/C15H27N5O/c1-4-5-6-8-16-14-12-18-13(11-19-14)15(21)17-9-7-10-20(2)3/h11-12H,4-10H2,1-3H3,(H,16,19)(H,17,21). The molecular formula is C15H27N5O. The molecule has 0 aliphatic carbocycles. The SMILES string of the molecule is CCCCCNc1cnc(C(=O)NCCCN(C)C)cn1. The topological polar surface area (TPSA) is 70.2 Å². The zero-order valence-electron chi connectivity index (χ0n) is 13.4. The van der Waals surface area contributed by atoms with Gasteiger partial charge in [-0.15, -0.1) is 0 Å². The van der Waals surface area contributed by atoms with Gasteiger partial charge in [-0.05, 0) is 33.5 Å². The molecule has 1 amide bonds. The highest BCUT2D eigenvalue weighted by Gasteiger charge is 2.07. The molecule has 1 aromatic heterocycles. The van der Waals surface area contributed by atoms with Gasteiger partial charge in [-0.3, -0.25) is 4.79 Å². The summed E-state index contributed by atoms with van der Waals surface area (Å²) in [6.07, 6.45) is 7.56. The van der Waals surface area contributed by atoms with Gasteiger partial charge in [0.25, 0.3) is 5.91 Å². The van der Waals surface area contributed by atoms with Crippen molar-refractivity contribution in [3.63, 3.8) is 0 Å². The summed E-state index contributed by atoms with van der Waals surface area (Å²) >= 11 is 0. The molecule has 118 valence electrons. The molecule has 0 spiro atoms. The van der Waals surface area contributed by atoms with Crippen molar-refractivity contribution in [2.45, 2.75) is 32.6 Å². The number of nitrogens with zero attached hydrogens (tertiary/aromatic N) is 3. The minimum atomic E-state index is -0.168. The Kier molecular flexibility index (Phi) is 8.35. The van der Waals surface area contributed by atoms with Gasteiger partial charge in [0.1, 0.15) is 11.5 Å². The molecule has 6 nitrogen and oxygen atoms in total. The van der Waals surface area contributed by atoms with Crippen LogP contribution in [0.5, 0.6) is 0 Å².